The molecule has 0 radical (unpaired) electrons. The number of benzene rings is 6. The summed E-state index contributed by atoms with van der Waals surface area (Å²) in [5.74, 6) is 1.45. The van der Waals surface area contributed by atoms with Gasteiger partial charge in [-0.1, -0.05) is 84.9 Å². The van der Waals surface area contributed by atoms with Crippen LogP contribution in [0.15, 0.2) is 170 Å². The Hall–Kier alpha value is -6.92. The first kappa shape index (κ1) is 27.1. The molecule has 234 valence electrons. The zero-order valence-electron chi connectivity index (χ0n) is 26.8. The zero-order valence-corrected chi connectivity index (χ0v) is 26.8. The molecule has 6 heteroatoms. The number of para-hydroxylation sites is 4. The van der Waals surface area contributed by atoms with E-state index in [1.165, 1.54) is 43.4 Å². The maximum atomic E-state index is 5.36. The third-order valence-electron chi connectivity index (χ3n) is 10.1. The van der Waals surface area contributed by atoms with E-state index in [2.05, 4.69) is 176 Å². The maximum Gasteiger partial charge on any atom is 0.236 e. The molecule has 6 aromatic carbocycles. The molecule has 0 N–H and O–H groups in total. The van der Waals surface area contributed by atoms with E-state index in [9.17, 15) is 0 Å². The van der Waals surface area contributed by atoms with Crippen LogP contribution in [-0.2, 0) is 0 Å². The molecule has 0 spiro atoms. The fourth-order valence-corrected chi connectivity index (χ4v) is 8.00. The van der Waals surface area contributed by atoms with Gasteiger partial charge in [0.15, 0.2) is 0 Å². The van der Waals surface area contributed by atoms with Crippen LogP contribution >= 0.6 is 0 Å². The van der Waals surface area contributed by atoms with Crippen molar-refractivity contribution in [2.75, 3.05) is 0 Å². The van der Waals surface area contributed by atoms with E-state index in [0.717, 1.165) is 39.3 Å². The molecule has 0 unspecified atom stereocenters. The number of fused-ring (bicyclic) bond motifs is 10. The lowest BCUT2D eigenvalue weighted by Crippen LogP contribution is -2.05. The molecule has 0 saturated carbocycles. The van der Waals surface area contributed by atoms with E-state index in [1.54, 1.807) is 0 Å². The summed E-state index contributed by atoms with van der Waals surface area (Å²) < 4.78 is 9.08. The predicted molar refractivity (Wildman–Crippen MR) is 204 cm³/mol. The highest BCUT2D eigenvalue weighted by Crippen LogP contribution is 2.40. The topological polar surface area (TPSA) is 45.5 Å². The van der Waals surface area contributed by atoms with Crippen molar-refractivity contribution in [2.45, 2.75) is 0 Å². The summed E-state index contributed by atoms with van der Waals surface area (Å²) in [5, 5.41) is 7.12. The summed E-state index contributed by atoms with van der Waals surface area (Å²) in [4.78, 5) is 10.3. The first-order chi connectivity index (χ1) is 24.8. The quantitative estimate of drug-likeness (QED) is 0.192. The highest BCUT2D eigenvalue weighted by Gasteiger charge is 2.21. The second-order valence-corrected chi connectivity index (χ2v) is 12.8. The van der Waals surface area contributed by atoms with Gasteiger partial charge in [0.25, 0.3) is 0 Å². The molecule has 0 atom stereocenters. The molecule has 0 aliphatic heterocycles. The van der Waals surface area contributed by atoms with E-state index >= 15 is 0 Å². The summed E-state index contributed by atoms with van der Waals surface area (Å²) in [6.07, 6.45) is 6.22. The van der Waals surface area contributed by atoms with Gasteiger partial charge in [-0.3, -0.25) is 9.13 Å². The number of hydrogen-bond acceptors (Lipinski definition) is 2. The van der Waals surface area contributed by atoms with Gasteiger partial charge in [0, 0.05) is 62.3 Å². The summed E-state index contributed by atoms with van der Waals surface area (Å²) in [6.45, 7) is 0. The first-order valence-corrected chi connectivity index (χ1v) is 16.8. The number of rotatable bonds is 4. The minimum Gasteiger partial charge on any atom is -0.316 e. The largest absolute Gasteiger partial charge is 0.316 e. The monoisotopic (exact) mass is 640 g/mol. The van der Waals surface area contributed by atoms with Gasteiger partial charge < -0.3 is 9.13 Å². The van der Waals surface area contributed by atoms with Gasteiger partial charge in [0.1, 0.15) is 5.82 Å². The Morgan fingerprint density at radius 1 is 0.400 bits per heavy atom. The van der Waals surface area contributed by atoms with Crippen molar-refractivity contribution in [3.63, 3.8) is 0 Å². The molecule has 5 heterocycles. The van der Waals surface area contributed by atoms with Crippen LogP contribution < -0.4 is 0 Å². The van der Waals surface area contributed by atoms with Crippen molar-refractivity contribution in [2.24, 2.45) is 0 Å². The SMILES string of the molecule is c1ccc(-n2ccc3ccc4c(c5ccccc5n4-c4ccnc(-n5c6ccccc6c6c7c(ccc65)ccn7-c5ccccc5)n4)c32)cc1. The highest BCUT2D eigenvalue weighted by atomic mass is 15.2. The Kier molecular flexibility index (Phi) is 5.57. The van der Waals surface area contributed by atoms with Crippen molar-refractivity contribution in [1.82, 2.24) is 28.2 Å². The van der Waals surface area contributed by atoms with Gasteiger partial charge in [-0.2, -0.15) is 4.98 Å². The van der Waals surface area contributed by atoms with Gasteiger partial charge in [-0.25, -0.2) is 4.98 Å². The minimum atomic E-state index is 0.630. The highest BCUT2D eigenvalue weighted by molar-refractivity contribution is 6.22. The van der Waals surface area contributed by atoms with Crippen molar-refractivity contribution in [3.05, 3.63) is 170 Å². The number of aromatic nitrogens is 6. The average molecular weight is 641 g/mol. The van der Waals surface area contributed by atoms with Crippen LogP contribution in [0.25, 0.3) is 88.6 Å². The summed E-state index contributed by atoms with van der Waals surface area (Å²) >= 11 is 0. The van der Waals surface area contributed by atoms with Crippen LogP contribution in [0.3, 0.4) is 0 Å². The molecule has 0 aliphatic carbocycles. The number of hydrogen-bond donors (Lipinski definition) is 0. The van der Waals surface area contributed by atoms with Crippen molar-refractivity contribution in [1.29, 1.82) is 0 Å². The Morgan fingerprint density at radius 3 is 1.48 bits per heavy atom. The van der Waals surface area contributed by atoms with Crippen molar-refractivity contribution < 1.29 is 0 Å². The second kappa shape index (κ2) is 10.3. The van der Waals surface area contributed by atoms with Crippen molar-refractivity contribution in [3.8, 4) is 23.1 Å². The summed E-state index contributed by atoms with van der Waals surface area (Å²) in [7, 11) is 0. The zero-order chi connectivity index (χ0) is 32.8. The van der Waals surface area contributed by atoms with Gasteiger partial charge in [-0.15, -0.1) is 0 Å². The smallest absolute Gasteiger partial charge is 0.236 e. The Labute approximate surface area is 286 Å². The lowest BCUT2D eigenvalue weighted by Gasteiger charge is -2.11. The Morgan fingerprint density at radius 2 is 0.900 bits per heavy atom. The summed E-state index contributed by atoms with van der Waals surface area (Å²) in [6, 6.07) is 53.6. The van der Waals surface area contributed by atoms with Crippen LogP contribution in [0.1, 0.15) is 0 Å². The van der Waals surface area contributed by atoms with Crippen LogP contribution in [0.2, 0.25) is 0 Å². The van der Waals surface area contributed by atoms with Crippen LogP contribution in [0.4, 0.5) is 0 Å². The van der Waals surface area contributed by atoms with E-state index in [1.807, 2.05) is 12.3 Å². The number of nitrogens with zero attached hydrogens (tertiary/aromatic N) is 6. The lowest BCUT2D eigenvalue weighted by molar-refractivity contribution is 0.949. The molecule has 0 amide bonds. The van der Waals surface area contributed by atoms with Crippen LogP contribution in [0, 0.1) is 0 Å². The summed E-state index contributed by atoms with van der Waals surface area (Å²) in [5.41, 5.74) is 8.96. The first-order valence-electron chi connectivity index (χ1n) is 16.8. The molecule has 0 aliphatic rings. The minimum absolute atomic E-state index is 0.630. The van der Waals surface area contributed by atoms with Gasteiger partial charge >= 0.3 is 0 Å². The molecule has 0 bridgehead atoms. The van der Waals surface area contributed by atoms with Crippen molar-refractivity contribution >= 4 is 65.4 Å². The van der Waals surface area contributed by atoms with E-state index in [-0.39, 0.29) is 0 Å². The molecule has 50 heavy (non-hydrogen) atoms. The fraction of sp³-hybridized carbons (Fsp3) is 0. The fourth-order valence-electron chi connectivity index (χ4n) is 8.00. The molecule has 6 nitrogen and oxygen atoms in total. The maximum absolute atomic E-state index is 5.36. The molecule has 0 fully saturated rings. The van der Waals surface area contributed by atoms with Gasteiger partial charge in [0.2, 0.25) is 5.95 Å². The molecular weight excluding hydrogens is 613 g/mol. The van der Waals surface area contributed by atoms with E-state index in [4.69, 9.17) is 9.97 Å². The standard InChI is InChI=1S/C44H28N6/c1-3-11-31(12-4-1)47-27-24-29-19-21-37-40(42(29)47)33-15-7-9-17-35(33)49(37)39-23-26-45-44(46-39)50-36-18-10-8-16-34(36)41-38(50)22-20-30-25-28-48(43(30)41)32-13-5-2-6-14-32/h1-28H. The molecule has 11 rings (SSSR count). The van der Waals surface area contributed by atoms with Crippen LogP contribution in [-0.4, -0.2) is 28.2 Å². The van der Waals surface area contributed by atoms with Gasteiger partial charge in [0.05, 0.1) is 33.1 Å². The third-order valence-corrected chi connectivity index (χ3v) is 10.1. The normalized spacial score (nSPS) is 12.0. The lowest BCUT2D eigenvalue weighted by atomic mass is 10.1. The second-order valence-electron chi connectivity index (χ2n) is 12.8. The predicted octanol–water partition coefficient (Wildman–Crippen LogP) is 10.6. The average Bonchev–Trinajstić information content (AvgIpc) is 3.96. The Balaban J connectivity index is 1.19. The van der Waals surface area contributed by atoms with E-state index in [0.29, 0.717) is 5.95 Å². The molecule has 5 aromatic heterocycles. The molecule has 11 aromatic rings. The molecule has 0 saturated heterocycles. The third kappa shape index (κ3) is 3.73. The van der Waals surface area contributed by atoms with Crippen LogP contribution in [0.5, 0.6) is 0 Å². The molecular formula is C44H28N6. The Bertz CT molecular complexity index is 2880. The van der Waals surface area contributed by atoms with E-state index < -0.39 is 0 Å². The van der Waals surface area contributed by atoms with Gasteiger partial charge in [-0.05, 0) is 66.7 Å².